The molecule has 1 heterocycles. The summed E-state index contributed by atoms with van der Waals surface area (Å²) in [7, 11) is 0. The Labute approximate surface area is 138 Å². The maximum Gasteiger partial charge on any atom is 0.321 e. The molecule has 3 rings (SSSR count). The van der Waals surface area contributed by atoms with Gasteiger partial charge in [-0.05, 0) is 30.2 Å². The third-order valence-corrected chi connectivity index (χ3v) is 4.90. The third kappa shape index (κ3) is 3.84. The van der Waals surface area contributed by atoms with Crippen molar-refractivity contribution in [1.29, 1.82) is 0 Å². The van der Waals surface area contributed by atoms with Crippen LogP contribution in [0.4, 0.5) is 10.5 Å². The number of amides is 2. The molecule has 0 atom stereocenters. The van der Waals surface area contributed by atoms with Gasteiger partial charge in [0.25, 0.3) is 0 Å². The van der Waals surface area contributed by atoms with E-state index < -0.39 is 0 Å². The lowest BCUT2D eigenvalue weighted by Crippen LogP contribution is -2.41. The first-order valence-electron chi connectivity index (χ1n) is 8.81. The van der Waals surface area contributed by atoms with Gasteiger partial charge in [0, 0.05) is 18.5 Å². The number of rotatable bonds is 4. The minimum absolute atomic E-state index is 0.0373. The molecule has 0 saturated carbocycles. The van der Waals surface area contributed by atoms with Crippen LogP contribution in [0, 0.1) is 5.92 Å². The van der Waals surface area contributed by atoms with Gasteiger partial charge in [-0.25, -0.2) is 4.79 Å². The lowest BCUT2D eigenvalue weighted by atomic mass is 9.92. The largest absolute Gasteiger partial charge is 0.325 e. The Kier molecular flexibility index (Phi) is 5.16. The van der Waals surface area contributed by atoms with Crippen molar-refractivity contribution in [2.24, 2.45) is 5.92 Å². The van der Waals surface area contributed by atoms with Crippen LogP contribution < -0.4 is 5.32 Å². The van der Waals surface area contributed by atoms with Gasteiger partial charge in [-0.2, -0.15) is 0 Å². The number of likely N-dealkylation sites (tertiary alicyclic amines) is 1. The fourth-order valence-electron chi connectivity index (χ4n) is 3.45. The number of nitrogens with zero attached hydrogens (tertiary/aromatic N) is 1. The number of fused-ring (bicyclic) bond motifs is 1. The Morgan fingerprint density at radius 1 is 1.13 bits per heavy atom. The van der Waals surface area contributed by atoms with Crippen LogP contribution >= 0.6 is 0 Å². The van der Waals surface area contributed by atoms with E-state index in [4.69, 9.17) is 0 Å². The molecule has 1 N–H and O–H groups in total. The van der Waals surface area contributed by atoms with Gasteiger partial charge < -0.3 is 10.2 Å². The normalized spacial score (nSPS) is 15.8. The molecule has 1 aliphatic heterocycles. The van der Waals surface area contributed by atoms with Crippen LogP contribution in [-0.4, -0.2) is 24.0 Å². The standard InChI is InChI=1S/C20H26N2O/c1-2-3-7-16-12-14-22(15-13-16)20(23)21-19-11-6-9-17-8-4-5-10-18(17)19/h4-6,8-11,16H,2-3,7,12-15H2,1H3,(H,21,23). The second kappa shape index (κ2) is 7.49. The van der Waals surface area contributed by atoms with Crippen molar-refractivity contribution in [2.45, 2.75) is 39.0 Å². The van der Waals surface area contributed by atoms with Gasteiger partial charge in [0.1, 0.15) is 0 Å². The number of hydrogen-bond acceptors (Lipinski definition) is 1. The molecule has 0 unspecified atom stereocenters. The van der Waals surface area contributed by atoms with E-state index in [1.165, 1.54) is 19.3 Å². The zero-order valence-corrected chi connectivity index (χ0v) is 13.9. The Hall–Kier alpha value is -2.03. The summed E-state index contributed by atoms with van der Waals surface area (Å²) in [5.41, 5.74) is 0.904. The van der Waals surface area contributed by atoms with Gasteiger partial charge in [-0.1, -0.05) is 62.6 Å². The van der Waals surface area contributed by atoms with Crippen LogP contribution in [0.2, 0.25) is 0 Å². The molecule has 2 aromatic carbocycles. The van der Waals surface area contributed by atoms with Crippen molar-refractivity contribution < 1.29 is 4.79 Å². The quantitative estimate of drug-likeness (QED) is 0.819. The highest BCUT2D eigenvalue weighted by atomic mass is 16.2. The lowest BCUT2D eigenvalue weighted by molar-refractivity contribution is 0.179. The van der Waals surface area contributed by atoms with Gasteiger partial charge in [0.15, 0.2) is 0 Å². The first-order valence-corrected chi connectivity index (χ1v) is 8.81. The molecule has 1 saturated heterocycles. The topological polar surface area (TPSA) is 32.3 Å². The molecule has 1 fully saturated rings. The summed E-state index contributed by atoms with van der Waals surface area (Å²) < 4.78 is 0. The SMILES string of the molecule is CCCCC1CCN(C(=O)Nc2cccc3ccccc23)CC1. The Morgan fingerprint density at radius 3 is 2.65 bits per heavy atom. The zero-order valence-electron chi connectivity index (χ0n) is 13.9. The van der Waals surface area contributed by atoms with Gasteiger partial charge >= 0.3 is 6.03 Å². The van der Waals surface area contributed by atoms with Crippen LogP contribution in [0.15, 0.2) is 42.5 Å². The molecular weight excluding hydrogens is 284 g/mol. The zero-order chi connectivity index (χ0) is 16.1. The summed E-state index contributed by atoms with van der Waals surface area (Å²) in [5, 5.41) is 5.35. The minimum atomic E-state index is 0.0373. The molecule has 0 aliphatic carbocycles. The van der Waals surface area contributed by atoms with Gasteiger partial charge in [0.05, 0.1) is 5.69 Å². The van der Waals surface area contributed by atoms with Crippen LogP contribution in [-0.2, 0) is 0 Å². The van der Waals surface area contributed by atoms with E-state index in [1.807, 2.05) is 29.2 Å². The summed E-state index contributed by atoms with van der Waals surface area (Å²) in [6, 6.07) is 14.3. The average Bonchev–Trinajstić information content (AvgIpc) is 2.60. The monoisotopic (exact) mass is 310 g/mol. The second-order valence-corrected chi connectivity index (χ2v) is 6.53. The molecule has 0 bridgehead atoms. The molecule has 122 valence electrons. The van der Waals surface area contributed by atoms with Crippen LogP contribution in [0.3, 0.4) is 0 Å². The summed E-state index contributed by atoms with van der Waals surface area (Å²) in [6.45, 7) is 4.00. The maximum atomic E-state index is 12.5. The van der Waals surface area contributed by atoms with Crippen molar-refractivity contribution in [3.05, 3.63) is 42.5 Å². The molecule has 0 aromatic heterocycles. The van der Waals surface area contributed by atoms with Crippen molar-refractivity contribution in [1.82, 2.24) is 4.90 Å². The Morgan fingerprint density at radius 2 is 1.87 bits per heavy atom. The number of carbonyl (C=O) groups excluding carboxylic acids is 1. The molecule has 0 spiro atoms. The fraction of sp³-hybridized carbons (Fsp3) is 0.450. The number of anilines is 1. The van der Waals surface area contributed by atoms with Gasteiger partial charge in [-0.15, -0.1) is 0 Å². The molecule has 3 heteroatoms. The summed E-state index contributed by atoms with van der Waals surface area (Å²) in [5.74, 6) is 0.802. The Balaban J connectivity index is 1.61. The van der Waals surface area contributed by atoms with E-state index in [0.29, 0.717) is 0 Å². The summed E-state index contributed by atoms with van der Waals surface area (Å²) >= 11 is 0. The Bertz CT molecular complexity index is 654. The maximum absolute atomic E-state index is 12.5. The number of benzene rings is 2. The first kappa shape index (κ1) is 15.9. The summed E-state index contributed by atoms with van der Waals surface area (Å²) in [4.78, 5) is 14.5. The van der Waals surface area contributed by atoms with E-state index in [0.717, 1.165) is 48.3 Å². The van der Waals surface area contributed by atoms with Crippen LogP contribution in [0.5, 0.6) is 0 Å². The number of piperidine rings is 1. The lowest BCUT2D eigenvalue weighted by Gasteiger charge is -2.32. The van der Waals surface area contributed by atoms with Crippen LogP contribution in [0.1, 0.15) is 39.0 Å². The predicted molar refractivity (Wildman–Crippen MR) is 96.8 cm³/mol. The third-order valence-electron chi connectivity index (χ3n) is 4.90. The van der Waals surface area contributed by atoms with E-state index in [2.05, 4.69) is 30.4 Å². The first-order chi connectivity index (χ1) is 11.3. The van der Waals surface area contributed by atoms with Gasteiger partial charge in [0.2, 0.25) is 0 Å². The predicted octanol–water partition coefficient (Wildman–Crippen LogP) is 5.27. The number of unbranched alkanes of at least 4 members (excludes halogenated alkanes) is 1. The van der Waals surface area contributed by atoms with E-state index >= 15 is 0 Å². The van der Waals surface area contributed by atoms with Crippen molar-refractivity contribution >= 4 is 22.5 Å². The number of nitrogens with one attached hydrogen (secondary N) is 1. The smallest absolute Gasteiger partial charge is 0.321 e. The highest BCUT2D eigenvalue weighted by Crippen LogP contribution is 2.25. The molecule has 23 heavy (non-hydrogen) atoms. The molecular formula is C20H26N2O. The fourth-order valence-corrected chi connectivity index (χ4v) is 3.45. The van der Waals surface area contributed by atoms with E-state index in [9.17, 15) is 4.79 Å². The van der Waals surface area contributed by atoms with Gasteiger partial charge in [-0.3, -0.25) is 0 Å². The van der Waals surface area contributed by atoms with E-state index in [1.54, 1.807) is 0 Å². The molecule has 2 aromatic rings. The molecule has 0 radical (unpaired) electrons. The molecule has 1 aliphatic rings. The molecule has 2 amide bonds. The number of carbonyl (C=O) groups is 1. The van der Waals surface area contributed by atoms with Crippen LogP contribution in [0.25, 0.3) is 10.8 Å². The van der Waals surface area contributed by atoms with Crippen molar-refractivity contribution in [3.8, 4) is 0 Å². The van der Waals surface area contributed by atoms with Crippen molar-refractivity contribution in [3.63, 3.8) is 0 Å². The highest BCUT2D eigenvalue weighted by Gasteiger charge is 2.22. The number of hydrogen-bond donors (Lipinski definition) is 1. The number of urea groups is 1. The van der Waals surface area contributed by atoms with E-state index in [-0.39, 0.29) is 6.03 Å². The van der Waals surface area contributed by atoms with Crippen molar-refractivity contribution in [2.75, 3.05) is 18.4 Å². The summed E-state index contributed by atoms with van der Waals surface area (Å²) in [6.07, 6.45) is 6.18. The highest BCUT2D eigenvalue weighted by molar-refractivity contribution is 6.01. The average molecular weight is 310 g/mol. The second-order valence-electron chi connectivity index (χ2n) is 6.53. The minimum Gasteiger partial charge on any atom is -0.325 e. The molecule has 3 nitrogen and oxygen atoms in total.